The molecule has 2 aromatic rings. The third-order valence-electron chi connectivity index (χ3n) is 2.46. The standard InChI is InChI=1S/C13H16N4O2/c1-19-9-13(18)16-11-4-2-3-10(7-11)14-8-12-5-6-15-17-12/h2-7,14H,8-9H2,1H3,(H,15,17)(H,16,18). The number of carbonyl (C=O) groups is 1. The van der Waals surface area contributed by atoms with Gasteiger partial charge in [0.2, 0.25) is 5.91 Å². The summed E-state index contributed by atoms with van der Waals surface area (Å²) in [7, 11) is 1.49. The zero-order valence-corrected chi connectivity index (χ0v) is 10.6. The molecular weight excluding hydrogens is 244 g/mol. The third kappa shape index (κ3) is 4.11. The van der Waals surface area contributed by atoms with Gasteiger partial charge in [-0.2, -0.15) is 5.10 Å². The van der Waals surface area contributed by atoms with Gasteiger partial charge in [0.15, 0.2) is 0 Å². The van der Waals surface area contributed by atoms with Gasteiger partial charge in [-0.15, -0.1) is 0 Å². The maximum Gasteiger partial charge on any atom is 0.250 e. The number of hydrogen-bond acceptors (Lipinski definition) is 4. The summed E-state index contributed by atoms with van der Waals surface area (Å²) in [6, 6.07) is 9.40. The monoisotopic (exact) mass is 260 g/mol. The number of amides is 1. The number of rotatable bonds is 6. The SMILES string of the molecule is COCC(=O)Nc1cccc(NCc2ccn[nH]2)c1. The van der Waals surface area contributed by atoms with Crippen molar-refractivity contribution in [1.29, 1.82) is 0 Å². The van der Waals surface area contributed by atoms with Crippen molar-refractivity contribution in [2.45, 2.75) is 6.54 Å². The molecule has 0 atom stereocenters. The summed E-state index contributed by atoms with van der Waals surface area (Å²) in [5, 5.41) is 12.7. The molecule has 19 heavy (non-hydrogen) atoms. The molecule has 0 saturated carbocycles. The first-order chi connectivity index (χ1) is 9.28. The van der Waals surface area contributed by atoms with E-state index >= 15 is 0 Å². The Labute approximate surface area is 111 Å². The number of aromatic amines is 1. The zero-order chi connectivity index (χ0) is 13.5. The highest BCUT2D eigenvalue weighted by Gasteiger charge is 2.02. The van der Waals surface area contributed by atoms with E-state index in [1.54, 1.807) is 6.20 Å². The van der Waals surface area contributed by atoms with E-state index < -0.39 is 0 Å². The summed E-state index contributed by atoms with van der Waals surface area (Å²) in [6.07, 6.45) is 1.71. The first kappa shape index (κ1) is 13.1. The van der Waals surface area contributed by atoms with Crippen LogP contribution in [0.3, 0.4) is 0 Å². The van der Waals surface area contributed by atoms with Crippen LogP contribution in [-0.2, 0) is 16.1 Å². The normalized spacial score (nSPS) is 10.2. The molecular formula is C13H16N4O2. The van der Waals surface area contributed by atoms with Crippen molar-refractivity contribution in [3.05, 3.63) is 42.2 Å². The Morgan fingerprint density at radius 1 is 1.37 bits per heavy atom. The Morgan fingerprint density at radius 3 is 2.95 bits per heavy atom. The Bertz CT molecular complexity index is 525. The fourth-order valence-electron chi connectivity index (χ4n) is 1.62. The number of anilines is 2. The van der Waals surface area contributed by atoms with Gasteiger partial charge < -0.3 is 15.4 Å². The van der Waals surface area contributed by atoms with Gasteiger partial charge in [-0.3, -0.25) is 9.89 Å². The molecule has 3 N–H and O–H groups in total. The molecule has 2 rings (SSSR count). The van der Waals surface area contributed by atoms with E-state index in [1.165, 1.54) is 7.11 Å². The minimum Gasteiger partial charge on any atom is -0.379 e. The average molecular weight is 260 g/mol. The molecule has 1 heterocycles. The van der Waals surface area contributed by atoms with Crippen molar-refractivity contribution in [2.24, 2.45) is 0 Å². The lowest BCUT2D eigenvalue weighted by atomic mass is 10.2. The van der Waals surface area contributed by atoms with Gasteiger partial charge in [-0.1, -0.05) is 6.07 Å². The predicted molar refractivity (Wildman–Crippen MR) is 72.9 cm³/mol. The molecule has 0 unspecified atom stereocenters. The van der Waals surface area contributed by atoms with Crippen LogP contribution in [0.1, 0.15) is 5.69 Å². The topological polar surface area (TPSA) is 79.0 Å². The molecule has 1 aromatic carbocycles. The molecule has 0 aliphatic rings. The summed E-state index contributed by atoms with van der Waals surface area (Å²) in [5.74, 6) is -0.173. The van der Waals surface area contributed by atoms with Crippen LogP contribution in [0.25, 0.3) is 0 Å². The molecule has 0 radical (unpaired) electrons. The number of nitrogens with zero attached hydrogens (tertiary/aromatic N) is 1. The number of benzene rings is 1. The van der Waals surface area contributed by atoms with Crippen molar-refractivity contribution in [1.82, 2.24) is 10.2 Å². The van der Waals surface area contributed by atoms with Crippen LogP contribution in [-0.4, -0.2) is 29.8 Å². The molecule has 6 nitrogen and oxygen atoms in total. The van der Waals surface area contributed by atoms with Gasteiger partial charge >= 0.3 is 0 Å². The van der Waals surface area contributed by atoms with Crippen LogP contribution in [0.2, 0.25) is 0 Å². The lowest BCUT2D eigenvalue weighted by Gasteiger charge is -2.08. The molecule has 1 amide bonds. The summed E-state index contributed by atoms with van der Waals surface area (Å²) < 4.78 is 4.76. The van der Waals surface area contributed by atoms with Crippen LogP contribution >= 0.6 is 0 Å². The minimum absolute atomic E-state index is 0.0474. The highest BCUT2D eigenvalue weighted by atomic mass is 16.5. The smallest absolute Gasteiger partial charge is 0.250 e. The molecule has 0 aliphatic heterocycles. The van der Waals surface area contributed by atoms with E-state index in [4.69, 9.17) is 4.74 Å². The fraction of sp³-hybridized carbons (Fsp3) is 0.231. The van der Waals surface area contributed by atoms with Crippen LogP contribution in [0.5, 0.6) is 0 Å². The van der Waals surface area contributed by atoms with Crippen LogP contribution in [0.15, 0.2) is 36.5 Å². The van der Waals surface area contributed by atoms with Crippen molar-refractivity contribution >= 4 is 17.3 Å². The molecule has 0 aliphatic carbocycles. The second kappa shape index (κ2) is 6.55. The van der Waals surface area contributed by atoms with Crippen LogP contribution in [0.4, 0.5) is 11.4 Å². The first-order valence-electron chi connectivity index (χ1n) is 5.89. The molecule has 6 heteroatoms. The summed E-state index contributed by atoms with van der Waals surface area (Å²) in [6.45, 7) is 0.696. The minimum atomic E-state index is -0.173. The number of H-pyrrole nitrogens is 1. The van der Waals surface area contributed by atoms with E-state index in [2.05, 4.69) is 20.8 Å². The van der Waals surface area contributed by atoms with E-state index in [-0.39, 0.29) is 12.5 Å². The first-order valence-corrected chi connectivity index (χ1v) is 5.89. The maximum atomic E-state index is 11.4. The van der Waals surface area contributed by atoms with Gasteiger partial charge in [0.1, 0.15) is 6.61 Å². The van der Waals surface area contributed by atoms with E-state index in [0.29, 0.717) is 6.54 Å². The maximum absolute atomic E-state index is 11.4. The summed E-state index contributed by atoms with van der Waals surface area (Å²) >= 11 is 0. The number of hydrogen-bond donors (Lipinski definition) is 3. The van der Waals surface area contributed by atoms with Crippen molar-refractivity contribution in [2.75, 3.05) is 24.4 Å². The second-order valence-electron chi connectivity index (χ2n) is 4.00. The van der Waals surface area contributed by atoms with Crippen LogP contribution < -0.4 is 10.6 Å². The largest absolute Gasteiger partial charge is 0.379 e. The Kier molecular flexibility index (Phi) is 4.52. The van der Waals surface area contributed by atoms with Gasteiger partial charge in [-0.05, 0) is 24.3 Å². The second-order valence-corrected chi connectivity index (χ2v) is 4.00. The van der Waals surface area contributed by atoms with Crippen LogP contribution in [0, 0.1) is 0 Å². The van der Waals surface area contributed by atoms with Crippen molar-refractivity contribution in [3.63, 3.8) is 0 Å². The number of carbonyl (C=O) groups excluding carboxylic acids is 1. The molecule has 0 saturated heterocycles. The highest BCUT2D eigenvalue weighted by molar-refractivity contribution is 5.92. The molecule has 0 fully saturated rings. The average Bonchev–Trinajstić information content (AvgIpc) is 2.90. The number of aromatic nitrogens is 2. The Morgan fingerprint density at radius 2 is 2.21 bits per heavy atom. The summed E-state index contributed by atoms with van der Waals surface area (Å²) in [5.41, 5.74) is 2.65. The zero-order valence-electron chi connectivity index (χ0n) is 10.6. The van der Waals surface area contributed by atoms with Gasteiger partial charge in [-0.25, -0.2) is 0 Å². The quantitative estimate of drug-likeness (QED) is 0.737. The highest BCUT2D eigenvalue weighted by Crippen LogP contribution is 2.15. The number of ether oxygens (including phenoxy) is 1. The van der Waals surface area contributed by atoms with Gasteiger partial charge in [0, 0.05) is 24.7 Å². The lowest BCUT2D eigenvalue weighted by molar-refractivity contribution is -0.119. The molecule has 0 spiro atoms. The van der Waals surface area contributed by atoms with E-state index in [9.17, 15) is 4.79 Å². The van der Waals surface area contributed by atoms with Crippen molar-refractivity contribution < 1.29 is 9.53 Å². The number of nitrogens with one attached hydrogen (secondary N) is 3. The Balaban J connectivity index is 1.93. The fourth-order valence-corrected chi connectivity index (χ4v) is 1.62. The van der Waals surface area contributed by atoms with Crippen molar-refractivity contribution in [3.8, 4) is 0 Å². The third-order valence-corrected chi connectivity index (χ3v) is 2.46. The molecule has 1 aromatic heterocycles. The summed E-state index contributed by atoms with van der Waals surface area (Å²) in [4.78, 5) is 11.4. The Hall–Kier alpha value is -2.34. The van der Waals surface area contributed by atoms with E-state index in [0.717, 1.165) is 17.1 Å². The predicted octanol–water partition coefficient (Wildman–Crippen LogP) is 1.61. The molecule has 100 valence electrons. The van der Waals surface area contributed by atoms with Gasteiger partial charge in [0.25, 0.3) is 0 Å². The van der Waals surface area contributed by atoms with E-state index in [1.807, 2.05) is 30.3 Å². The lowest BCUT2D eigenvalue weighted by Crippen LogP contribution is -2.17. The van der Waals surface area contributed by atoms with Gasteiger partial charge in [0.05, 0.1) is 12.2 Å². The number of methoxy groups -OCH3 is 1. The molecule has 0 bridgehead atoms.